The molecule has 43 heavy (non-hydrogen) atoms. The SMILES string of the molecule is CCCCNC(=O)C(Cc1ccccc1)N(Cc1ccc(Cl)c(Cl)c1)C(=O)CN(c1cccc2ccccc12)S(C)(=O)=O. The molecule has 4 aromatic carbocycles. The second-order valence-electron chi connectivity index (χ2n) is 10.4. The van der Waals surface area contributed by atoms with Crippen LogP contribution in [0.15, 0.2) is 91.0 Å². The molecular formula is C33H35Cl2N3O4S. The summed E-state index contributed by atoms with van der Waals surface area (Å²) in [5.41, 5.74) is 1.90. The van der Waals surface area contributed by atoms with Crippen LogP contribution in [0.2, 0.25) is 10.0 Å². The number of nitrogens with one attached hydrogen (secondary N) is 1. The van der Waals surface area contributed by atoms with Crippen LogP contribution in [0.4, 0.5) is 5.69 Å². The first-order valence-corrected chi connectivity index (χ1v) is 16.7. The summed E-state index contributed by atoms with van der Waals surface area (Å²) in [4.78, 5) is 29.5. The molecule has 0 spiro atoms. The molecule has 1 atom stereocenters. The minimum absolute atomic E-state index is 0.0154. The van der Waals surface area contributed by atoms with E-state index >= 15 is 0 Å². The topological polar surface area (TPSA) is 86.8 Å². The predicted molar refractivity (Wildman–Crippen MR) is 175 cm³/mol. The average Bonchev–Trinajstić information content (AvgIpc) is 2.99. The molecule has 1 N–H and O–H groups in total. The van der Waals surface area contributed by atoms with Gasteiger partial charge in [-0.05, 0) is 41.1 Å². The molecule has 0 saturated heterocycles. The van der Waals surface area contributed by atoms with Crippen molar-refractivity contribution in [2.24, 2.45) is 0 Å². The van der Waals surface area contributed by atoms with Crippen LogP contribution >= 0.6 is 23.2 Å². The normalized spacial score (nSPS) is 12.1. The number of rotatable bonds is 13. The number of fused-ring (bicyclic) bond motifs is 1. The molecule has 0 aliphatic rings. The lowest BCUT2D eigenvalue weighted by molar-refractivity contribution is -0.140. The zero-order valence-electron chi connectivity index (χ0n) is 24.2. The van der Waals surface area contributed by atoms with Crippen LogP contribution in [0, 0.1) is 0 Å². The van der Waals surface area contributed by atoms with Crippen molar-refractivity contribution in [2.45, 2.75) is 38.8 Å². The third kappa shape index (κ3) is 8.50. The Morgan fingerprint density at radius 1 is 0.860 bits per heavy atom. The van der Waals surface area contributed by atoms with Gasteiger partial charge in [0, 0.05) is 24.9 Å². The van der Waals surface area contributed by atoms with Gasteiger partial charge in [0.1, 0.15) is 12.6 Å². The fourth-order valence-electron chi connectivity index (χ4n) is 4.92. The summed E-state index contributed by atoms with van der Waals surface area (Å²) >= 11 is 12.5. The molecule has 0 heterocycles. The van der Waals surface area contributed by atoms with Gasteiger partial charge >= 0.3 is 0 Å². The van der Waals surface area contributed by atoms with E-state index in [-0.39, 0.29) is 18.9 Å². The van der Waals surface area contributed by atoms with E-state index in [0.717, 1.165) is 34.4 Å². The van der Waals surface area contributed by atoms with Crippen molar-refractivity contribution in [3.63, 3.8) is 0 Å². The minimum Gasteiger partial charge on any atom is -0.354 e. The number of carbonyl (C=O) groups excluding carboxylic acids is 2. The number of nitrogens with zero attached hydrogens (tertiary/aromatic N) is 2. The lowest BCUT2D eigenvalue weighted by atomic mass is 10.0. The summed E-state index contributed by atoms with van der Waals surface area (Å²) in [6, 6.07) is 26.2. The molecule has 2 amide bonds. The lowest BCUT2D eigenvalue weighted by Gasteiger charge is -2.33. The molecule has 0 fully saturated rings. The van der Waals surface area contributed by atoms with Crippen molar-refractivity contribution >= 4 is 61.5 Å². The van der Waals surface area contributed by atoms with Gasteiger partial charge in [-0.3, -0.25) is 13.9 Å². The minimum atomic E-state index is -3.90. The fraction of sp³-hybridized carbons (Fsp3) is 0.273. The van der Waals surface area contributed by atoms with E-state index < -0.39 is 28.5 Å². The molecule has 1 unspecified atom stereocenters. The lowest BCUT2D eigenvalue weighted by Crippen LogP contribution is -2.53. The third-order valence-corrected chi connectivity index (χ3v) is 9.02. The van der Waals surface area contributed by atoms with Gasteiger partial charge in [0.15, 0.2) is 0 Å². The van der Waals surface area contributed by atoms with Crippen molar-refractivity contribution in [1.29, 1.82) is 0 Å². The maximum Gasteiger partial charge on any atom is 0.244 e. The van der Waals surface area contributed by atoms with E-state index in [4.69, 9.17) is 23.2 Å². The summed E-state index contributed by atoms with van der Waals surface area (Å²) in [7, 11) is -3.90. The van der Waals surface area contributed by atoms with Crippen LogP contribution < -0.4 is 9.62 Å². The summed E-state index contributed by atoms with van der Waals surface area (Å²) in [5.74, 6) is -0.849. The first-order chi connectivity index (χ1) is 20.6. The molecule has 0 saturated carbocycles. The first-order valence-electron chi connectivity index (χ1n) is 14.1. The van der Waals surface area contributed by atoms with Gasteiger partial charge in [0.2, 0.25) is 21.8 Å². The Morgan fingerprint density at radius 3 is 2.26 bits per heavy atom. The van der Waals surface area contributed by atoms with E-state index in [2.05, 4.69) is 5.32 Å². The van der Waals surface area contributed by atoms with Crippen molar-refractivity contribution < 1.29 is 18.0 Å². The summed E-state index contributed by atoms with van der Waals surface area (Å²) in [6.07, 6.45) is 2.99. The number of carbonyl (C=O) groups is 2. The Bertz CT molecular complexity index is 1680. The van der Waals surface area contributed by atoms with Gasteiger partial charge in [0.05, 0.1) is 22.0 Å². The predicted octanol–water partition coefficient (Wildman–Crippen LogP) is 6.47. The molecular weight excluding hydrogens is 605 g/mol. The van der Waals surface area contributed by atoms with Crippen LogP contribution in [-0.4, -0.2) is 50.5 Å². The Hall–Kier alpha value is -3.59. The van der Waals surface area contributed by atoms with Crippen molar-refractivity contribution in [3.8, 4) is 0 Å². The van der Waals surface area contributed by atoms with E-state index in [1.807, 2.05) is 67.6 Å². The van der Waals surface area contributed by atoms with Gasteiger partial charge in [0.25, 0.3) is 0 Å². The summed E-state index contributed by atoms with van der Waals surface area (Å²) in [6.45, 7) is 2.00. The highest BCUT2D eigenvalue weighted by molar-refractivity contribution is 7.92. The smallest absolute Gasteiger partial charge is 0.244 e. The van der Waals surface area contributed by atoms with Crippen molar-refractivity contribution in [1.82, 2.24) is 10.2 Å². The molecule has 0 aliphatic heterocycles. The quantitative estimate of drug-likeness (QED) is 0.170. The van der Waals surface area contributed by atoms with Crippen LogP contribution in [0.5, 0.6) is 0 Å². The van der Waals surface area contributed by atoms with Crippen LogP contribution in [-0.2, 0) is 32.6 Å². The Labute approximate surface area is 263 Å². The second-order valence-corrected chi connectivity index (χ2v) is 13.1. The maximum absolute atomic E-state index is 14.3. The zero-order valence-corrected chi connectivity index (χ0v) is 26.5. The number of sulfonamides is 1. The third-order valence-electron chi connectivity index (χ3n) is 7.15. The van der Waals surface area contributed by atoms with E-state index in [1.165, 1.54) is 4.90 Å². The first kappa shape index (κ1) is 32.3. The average molecular weight is 641 g/mol. The summed E-state index contributed by atoms with van der Waals surface area (Å²) < 4.78 is 27.5. The van der Waals surface area contributed by atoms with Gasteiger partial charge in [-0.2, -0.15) is 0 Å². The number of benzene rings is 4. The molecule has 4 aromatic rings. The number of unbranched alkanes of at least 4 members (excludes halogenated alkanes) is 1. The van der Waals surface area contributed by atoms with Crippen molar-refractivity contribution in [3.05, 3.63) is 112 Å². The molecule has 226 valence electrons. The fourth-order valence-corrected chi connectivity index (χ4v) is 6.10. The second kappa shape index (κ2) is 14.7. The van der Waals surface area contributed by atoms with Crippen LogP contribution in [0.3, 0.4) is 0 Å². The van der Waals surface area contributed by atoms with E-state index in [0.29, 0.717) is 33.2 Å². The van der Waals surface area contributed by atoms with Gasteiger partial charge in [-0.25, -0.2) is 8.42 Å². The molecule has 7 nitrogen and oxygen atoms in total. The van der Waals surface area contributed by atoms with E-state index in [9.17, 15) is 18.0 Å². The van der Waals surface area contributed by atoms with Crippen LogP contribution in [0.25, 0.3) is 10.8 Å². The van der Waals surface area contributed by atoms with Gasteiger partial charge in [-0.15, -0.1) is 0 Å². The Kier molecular flexibility index (Phi) is 11.1. The molecule has 0 aliphatic carbocycles. The highest BCUT2D eigenvalue weighted by atomic mass is 35.5. The number of anilines is 1. The highest BCUT2D eigenvalue weighted by Gasteiger charge is 2.33. The number of halogens is 2. The maximum atomic E-state index is 14.3. The standard InChI is InChI=1S/C33H35Cl2N3O4S/c1-3-4-19-36-33(40)31(21-24-11-6-5-7-12-24)37(22-25-17-18-28(34)29(35)20-25)32(39)23-38(43(2,41)42)30-16-10-14-26-13-8-9-15-27(26)30/h5-18,20,31H,3-4,19,21-23H2,1-2H3,(H,36,40). The molecule has 0 aromatic heterocycles. The van der Waals surface area contributed by atoms with E-state index in [1.54, 1.807) is 30.3 Å². The molecule has 10 heteroatoms. The van der Waals surface area contributed by atoms with Gasteiger partial charge < -0.3 is 10.2 Å². The zero-order chi connectivity index (χ0) is 31.0. The summed E-state index contributed by atoms with van der Waals surface area (Å²) in [5, 5.41) is 5.18. The van der Waals surface area contributed by atoms with Crippen molar-refractivity contribution in [2.75, 3.05) is 23.7 Å². The molecule has 0 radical (unpaired) electrons. The number of hydrogen-bond acceptors (Lipinski definition) is 4. The number of amides is 2. The largest absolute Gasteiger partial charge is 0.354 e. The highest BCUT2D eigenvalue weighted by Crippen LogP contribution is 2.29. The Morgan fingerprint density at radius 2 is 1.56 bits per heavy atom. The monoisotopic (exact) mass is 639 g/mol. The molecule has 4 rings (SSSR count). The van der Waals surface area contributed by atoms with Crippen LogP contribution in [0.1, 0.15) is 30.9 Å². The Balaban J connectivity index is 1.78. The van der Waals surface area contributed by atoms with Gasteiger partial charge in [-0.1, -0.05) is 109 Å². The number of hydrogen-bond donors (Lipinski definition) is 1. The molecule has 0 bridgehead atoms.